The maximum Gasteiger partial charge on any atom is 0.165 e. The van der Waals surface area contributed by atoms with E-state index in [1.807, 2.05) is 18.2 Å². The molecule has 0 spiro atoms. The van der Waals surface area contributed by atoms with Gasteiger partial charge < -0.3 is 15.2 Å². The number of hydrogen-bond donors (Lipinski definition) is 1. The summed E-state index contributed by atoms with van der Waals surface area (Å²) in [7, 11) is 3.20. The molecule has 2 rings (SSSR count). The summed E-state index contributed by atoms with van der Waals surface area (Å²) in [4.78, 5) is 8.51. The Kier molecular flexibility index (Phi) is 3.85. The Balaban J connectivity index is 2.57. The molecule has 0 aliphatic heterocycles. The molecule has 18 heavy (non-hydrogen) atoms. The first kappa shape index (κ1) is 12.9. The minimum atomic E-state index is 0.450. The van der Waals surface area contributed by atoms with Crippen LogP contribution in [0.1, 0.15) is 0 Å². The van der Waals surface area contributed by atoms with Crippen molar-refractivity contribution >= 4 is 28.4 Å². The van der Waals surface area contributed by atoms with Crippen molar-refractivity contribution in [2.75, 3.05) is 20.0 Å². The SMILES string of the molecule is COc1ccc(OC)c(-c2ncc(I)c(N)n2)c1. The van der Waals surface area contributed by atoms with Gasteiger partial charge in [-0.05, 0) is 40.8 Å². The Labute approximate surface area is 118 Å². The molecule has 5 nitrogen and oxygen atoms in total. The van der Waals surface area contributed by atoms with E-state index in [2.05, 4.69) is 32.6 Å². The molecule has 0 radical (unpaired) electrons. The number of nitrogens with zero attached hydrogens (tertiary/aromatic N) is 2. The van der Waals surface area contributed by atoms with Crippen molar-refractivity contribution in [3.63, 3.8) is 0 Å². The van der Waals surface area contributed by atoms with Crippen molar-refractivity contribution in [2.45, 2.75) is 0 Å². The van der Waals surface area contributed by atoms with Gasteiger partial charge in [-0.2, -0.15) is 0 Å². The lowest BCUT2D eigenvalue weighted by molar-refractivity contribution is 0.404. The quantitative estimate of drug-likeness (QED) is 0.854. The van der Waals surface area contributed by atoms with E-state index in [4.69, 9.17) is 15.2 Å². The highest BCUT2D eigenvalue weighted by molar-refractivity contribution is 14.1. The first-order valence-electron chi connectivity index (χ1n) is 5.16. The molecule has 0 aliphatic rings. The molecule has 0 saturated carbocycles. The average molecular weight is 357 g/mol. The third-order valence-electron chi connectivity index (χ3n) is 2.42. The molecule has 0 bridgehead atoms. The van der Waals surface area contributed by atoms with E-state index in [-0.39, 0.29) is 0 Å². The zero-order valence-electron chi connectivity index (χ0n) is 9.98. The van der Waals surface area contributed by atoms with Crippen LogP contribution in [0.15, 0.2) is 24.4 Å². The fourth-order valence-corrected chi connectivity index (χ4v) is 1.76. The molecule has 0 fully saturated rings. The summed E-state index contributed by atoms with van der Waals surface area (Å²) in [5, 5.41) is 0. The van der Waals surface area contributed by atoms with Gasteiger partial charge in [-0.15, -0.1) is 0 Å². The number of methoxy groups -OCH3 is 2. The van der Waals surface area contributed by atoms with E-state index in [9.17, 15) is 0 Å². The highest BCUT2D eigenvalue weighted by atomic mass is 127. The van der Waals surface area contributed by atoms with Crippen molar-refractivity contribution in [2.24, 2.45) is 0 Å². The third kappa shape index (κ3) is 2.47. The molecule has 1 aromatic carbocycles. The number of halogens is 1. The van der Waals surface area contributed by atoms with Gasteiger partial charge in [-0.25, -0.2) is 9.97 Å². The molecular formula is C12H12IN3O2. The van der Waals surface area contributed by atoms with Crippen LogP contribution < -0.4 is 15.2 Å². The third-order valence-corrected chi connectivity index (χ3v) is 3.25. The Morgan fingerprint density at radius 1 is 1.22 bits per heavy atom. The van der Waals surface area contributed by atoms with Gasteiger partial charge in [0.05, 0.1) is 23.4 Å². The standard InChI is InChI=1S/C12H12IN3O2/c1-17-7-3-4-10(18-2)8(5-7)12-15-6-9(13)11(14)16-12/h3-6H,1-2H3,(H2,14,15,16). The lowest BCUT2D eigenvalue weighted by Gasteiger charge is -2.10. The van der Waals surface area contributed by atoms with Crippen molar-refractivity contribution < 1.29 is 9.47 Å². The summed E-state index contributed by atoms with van der Waals surface area (Å²) in [5.41, 5.74) is 6.54. The lowest BCUT2D eigenvalue weighted by Crippen LogP contribution is -2.00. The summed E-state index contributed by atoms with van der Waals surface area (Å²) in [6.45, 7) is 0. The minimum Gasteiger partial charge on any atom is -0.497 e. The lowest BCUT2D eigenvalue weighted by atomic mass is 10.1. The van der Waals surface area contributed by atoms with Crippen molar-refractivity contribution in [1.29, 1.82) is 0 Å². The molecule has 6 heteroatoms. The Morgan fingerprint density at radius 2 is 2.00 bits per heavy atom. The Bertz CT molecular complexity index is 575. The van der Waals surface area contributed by atoms with E-state index in [1.54, 1.807) is 20.4 Å². The number of aromatic nitrogens is 2. The van der Waals surface area contributed by atoms with Crippen LogP contribution in [-0.2, 0) is 0 Å². The summed E-state index contributed by atoms with van der Waals surface area (Å²) in [5.74, 6) is 2.36. The molecule has 2 aromatic rings. The van der Waals surface area contributed by atoms with Crippen LogP contribution in [0.4, 0.5) is 5.82 Å². The zero-order valence-corrected chi connectivity index (χ0v) is 12.1. The number of hydrogen-bond acceptors (Lipinski definition) is 5. The van der Waals surface area contributed by atoms with E-state index in [1.165, 1.54) is 0 Å². The molecule has 1 aromatic heterocycles. The van der Waals surface area contributed by atoms with E-state index in [0.717, 1.165) is 9.13 Å². The van der Waals surface area contributed by atoms with Crippen molar-refractivity contribution in [1.82, 2.24) is 9.97 Å². The van der Waals surface area contributed by atoms with Crippen LogP contribution >= 0.6 is 22.6 Å². The second kappa shape index (κ2) is 5.38. The predicted octanol–water partition coefficient (Wildman–Crippen LogP) is 2.35. The predicted molar refractivity (Wildman–Crippen MR) is 77.7 cm³/mol. The van der Waals surface area contributed by atoms with Crippen LogP contribution in [-0.4, -0.2) is 24.2 Å². The van der Waals surface area contributed by atoms with Crippen LogP contribution in [0.3, 0.4) is 0 Å². The summed E-state index contributed by atoms with van der Waals surface area (Å²) < 4.78 is 11.3. The smallest absolute Gasteiger partial charge is 0.165 e. The molecule has 0 aliphatic carbocycles. The van der Waals surface area contributed by atoms with Gasteiger partial charge in [-0.1, -0.05) is 0 Å². The second-order valence-corrected chi connectivity index (χ2v) is 4.66. The average Bonchev–Trinajstić information content (AvgIpc) is 2.41. The van der Waals surface area contributed by atoms with Crippen LogP contribution in [0.2, 0.25) is 0 Å². The van der Waals surface area contributed by atoms with Gasteiger partial charge in [0.15, 0.2) is 5.82 Å². The van der Waals surface area contributed by atoms with Gasteiger partial charge in [-0.3, -0.25) is 0 Å². The van der Waals surface area contributed by atoms with Crippen molar-refractivity contribution in [3.05, 3.63) is 28.0 Å². The number of nitrogens with two attached hydrogens (primary N) is 1. The molecule has 0 amide bonds. The molecule has 0 atom stereocenters. The van der Waals surface area contributed by atoms with Crippen molar-refractivity contribution in [3.8, 4) is 22.9 Å². The largest absolute Gasteiger partial charge is 0.497 e. The second-order valence-electron chi connectivity index (χ2n) is 3.49. The van der Waals surface area contributed by atoms with Gasteiger partial charge in [0.1, 0.15) is 17.3 Å². The zero-order chi connectivity index (χ0) is 13.1. The van der Waals surface area contributed by atoms with E-state index < -0.39 is 0 Å². The Morgan fingerprint density at radius 3 is 2.61 bits per heavy atom. The molecule has 2 N–H and O–H groups in total. The molecule has 0 unspecified atom stereocenters. The minimum absolute atomic E-state index is 0.450. The topological polar surface area (TPSA) is 70.3 Å². The van der Waals surface area contributed by atoms with Crippen LogP contribution in [0.5, 0.6) is 11.5 Å². The van der Waals surface area contributed by atoms with E-state index >= 15 is 0 Å². The maximum atomic E-state index is 5.79. The number of benzene rings is 1. The maximum absolute atomic E-state index is 5.79. The number of ether oxygens (including phenoxy) is 2. The molecule has 94 valence electrons. The molecular weight excluding hydrogens is 345 g/mol. The fraction of sp³-hybridized carbons (Fsp3) is 0.167. The summed E-state index contributed by atoms with van der Waals surface area (Å²) in [6, 6.07) is 5.45. The van der Waals surface area contributed by atoms with Gasteiger partial charge in [0.2, 0.25) is 0 Å². The van der Waals surface area contributed by atoms with Crippen LogP contribution in [0, 0.1) is 3.57 Å². The monoisotopic (exact) mass is 357 g/mol. The van der Waals surface area contributed by atoms with Gasteiger partial charge in [0.25, 0.3) is 0 Å². The molecule has 1 heterocycles. The van der Waals surface area contributed by atoms with Gasteiger partial charge in [0, 0.05) is 6.20 Å². The normalized spacial score (nSPS) is 10.2. The first-order chi connectivity index (χ1) is 8.65. The Hall–Kier alpha value is -1.57. The molecule has 0 saturated heterocycles. The van der Waals surface area contributed by atoms with E-state index in [0.29, 0.717) is 23.1 Å². The highest BCUT2D eigenvalue weighted by Crippen LogP contribution is 2.31. The highest BCUT2D eigenvalue weighted by Gasteiger charge is 2.11. The number of rotatable bonds is 3. The number of nitrogen functional groups attached to an aromatic ring is 1. The summed E-state index contributed by atoms with van der Waals surface area (Å²) in [6.07, 6.45) is 1.68. The first-order valence-corrected chi connectivity index (χ1v) is 6.24. The number of anilines is 1. The fourth-order valence-electron chi connectivity index (χ4n) is 1.50. The summed E-state index contributed by atoms with van der Waals surface area (Å²) >= 11 is 2.09. The van der Waals surface area contributed by atoms with Gasteiger partial charge >= 0.3 is 0 Å². The van der Waals surface area contributed by atoms with Crippen LogP contribution in [0.25, 0.3) is 11.4 Å².